The van der Waals surface area contributed by atoms with Crippen molar-refractivity contribution in [3.8, 4) is 0 Å². The van der Waals surface area contributed by atoms with Crippen molar-refractivity contribution in [2.45, 2.75) is 31.5 Å². The van der Waals surface area contributed by atoms with E-state index in [9.17, 15) is 24.3 Å². The summed E-state index contributed by atoms with van der Waals surface area (Å²) in [4.78, 5) is 61.4. The quantitative estimate of drug-likeness (QED) is 0.430. The Kier molecular flexibility index (Phi) is 7.48. The second kappa shape index (κ2) is 10.5. The van der Waals surface area contributed by atoms with Gasteiger partial charge in [0, 0.05) is 30.6 Å². The van der Waals surface area contributed by atoms with Gasteiger partial charge in [0.15, 0.2) is 5.01 Å². The highest BCUT2D eigenvalue weighted by Gasteiger charge is 2.33. The van der Waals surface area contributed by atoms with Crippen LogP contribution in [0, 0.1) is 0 Å². The Hall–Kier alpha value is -3.29. The molecule has 4 rings (SSSR count). The van der Waals surface area contributed by atoms with E-state index >= 15 is 0 Å². The third-order valence-corrected chi connectivity index (χ3v) is 7.12. The molecule has 0 spiro atoms. The molecule has 0 saturated carbocycles. The Morgan fingerprint density at radius 1 is 1.14 bits per heavy atom. The van der Waals surface area contributed by atoms with Gasteiger partial charge >= 0.3 is 17.9 Å². The summed E-state index contributed by atoms with van der Waals surface area (Å²) in [6.07, 6.45) is 1.33. The van der Waals surface area contributed by atoms with Crippen molar-refractivity contribution in [1.29, 1.82) is 0 Å². The normalized spacial score (nSPS) is 20.0. The van der Waals surface area contributed by atoms with E-state index in [0.717, 1.165) is 10.6 Å². The molecule has 0 radical (unpaired) electrons. The van der Waals surface area contributed by atoms with Gasteiger partial charge in [-0.25, -0.2) is 14.8 Å². The number of thiazole rings is 1. The van der Waals surface area contributed by atoms with Gasteiger partial charge in [-0.15, -0.1) is 11.3 Å². The summed E-state index contributed by atoms with van der Waals surface area (Å²) in [7, 11) is 1.90. The van der Waals surface area contributed by atoms with Crippen LogP contribution in [0.1, 0.15) is 26.8 Å². The fraction of sp³-hybridized carbons (Fsp3) is 0.429. The number of piperidine rings is 1. The number of hydrogen-bond donors (Lipinski definition) is 4. The summed E-state index contributed by atoms with van der Waals surface area (Å²) in [6, 6.07) is 2.10. The number of aromatic nitrogens is 2. The van der Waals surface area contributed by atoms with Crippen molar-refractivity contribution in [2.75, 3.05) is 32.0 Å². The van der Waals surface area contributed by atoms with E-state index < -0.39 is 35.9 Å². The molecule has 186 valence electrons. The number of nitrogens with one attached hydrogen (secondary N) is 3. The van der Waals surface area contributed by atoms with Gasteiger partial charge < -0.3 is 30.9 Å². The number of likely N-dealkylation sites (N-methyl/N-ethyl adjacent to an activating group) is 1. The number of anilines is 1. The Morgan fingerprint density at radius 3 is 2.66 bits per heavy atom. The molecule has 1 fully saturated rings. The Bertz CT molecular complexity index is 1140. The van der Waals surface area contributed by atoms with Gasteiger partial charge in [0.25, 0.3) is 5.91 Å². The van der Waals surface area contributed by atoms with E-state index in [1.54, 1.807) is 6.07 Å². The Labute approximate surface area is 209 Å². The monoisotopic (exact) mass is 521 g/mol. The number of carbonyl (C=O) groups excluding carboxylic acids is 3. The number of halogens is 1. The summed E-state index contributed by atoms with van der Waals surface area (Å²) in [5.41, 5.74) is 0.732. The number of carboxylic acid groups (broad SMARTS) is 1. The minimum Gasteiger partial charge on any atom is -0.465 e. The first-order chi connectivity index (χ1) is 16.7. The summed E-state index contributed by atoms with van der Waals surface area (Å²) in [6.45, 7) is 1.68. The molecule has 1 saturated heterocycles. The molecule has 2 aliphatic rings. The molecule has 0 unspecified atom stereocenters. The molecule has 2 atom stereocenters. The first kappa shape index (κ1) is 24.8. The van der Waals surface area contributed by atoms with Gasteiger partial charge in [0.2, 0.25) is 0 Å². The Morgan fingerprint density at radius 2 is 1.94 bits per heavy atom. The third-order valence-electron chi connectivity index (χ3n) is 5.82. The fourth-order valence-electron chi connectivity index (χ4n) is 3.98. The van der Waals surface area contributed by atoms with E-state index in [1.807, 2.05) is 11.9 Å². The second-order valence-corrected chi connectivity index (χ2v) is 9.89. The maximum absolute atomic E-state index is 13.0. The molecular weight excluding hydrogens is 498 g/mol. The zero-order valence-corrected chi connectivity index (χ0v) is 20.4. The van der Waals surface area contributed by atoms with E-state index in [2.05, 4.69) is 25.9 Å². The van der Waals surface area contributed by atoms with E-state index in [0.29, 0.717) is 37.5 Å². The number of amides is 4. The van der Waals surface area contributed by atoms with Crippen LogP contribution in [0.2, 0.25) is 5.02 Å². The summed E-state index contributed by atoms with van der Waals surface area (Å²) in [5.74, 6) is -1.92. The number of carbonyl (C=O) groups is 4. The number of pyridine rings is 1. The lowest BCUT2D eigenvalue weighted by atomic mass is 9.99. The average molecular weight is 522 g/mol. The standard InChI is InChI=1S/C21H24ClN7O5S/c1-28-6-4-12(24-17(30)18(31)27-16-3-2-11(22)8-23-16)14(9-28)25-19(32)20-26-13-5-7-29(21(33)34)10-15(13)35-20/h2-3,8,12,14H,4-7,9-10H2,1H3,(H,24,30)(H,25,32)(H,33,34)(H,23,27,31)/t12-,14+/m0/s1. The average Bonchev–Trinajstić information content (AvgIpc) is 3.26. The van der Waals surface area contributed by atoms with Gasteiger partial charge in [0.05, 0.1) is 29.3 Å². The number of nitrogens with zero attached hydrogens (tertiary/aromatic N) is 4. The van der Waals surface area contributed by atoms with Crippen LogP contribution < -0.4 is 16.0 Å². The number of likely N-dealkylation sites (tertiary alicyclic amines) is 1. The van der Waals surface area contributed by atoms with Crippen molar-refractivity contribution in [3.63, 3.8) is 0 Å². The van der Waals surface area contributed by atoms with Gasteiger partial charge in [-0.2, -0.15) is 0 Å². The first-order valence-corrected chi connectivity index (χ1v) is 12.1. The predicted octanol–water partition coefficient (Wildman–Crippen LogP) is 0.785. The summed E-state index contributed by atoms with van der Waals surface area (Å²) in [5, 5.41) is 17.9. The van der Waals surface area contributed by atoms with Crippen LogP contribution in [0.25, 0.3) is 0 Å². The molecule has 0 aromatic carbocycles. The highest BCUT2D eigenvalue weighted by molar-refractivity contribution is 7.13. The minimum absolute atomic E-state index is 0.192. The second-order valence-electron chi connectivity index (χ2n) is 8.37. The molecule has 35 heavy (non-hydrogen) atoms. The molecule has 4 heterocycles. The molecule has 4 amide bonds. The van der Waals surface area contributed by atoms with Crippen LogP contribution in [0.4, 0.5) is 10.6 Å². The molecule has 0 aliphatic carbocycles. The molecule has 12 nitrogen and oxygen atoms in total. The zero-order chi connectivity index (χ0) is 25.1. The number of hydrogen-bond acceptors (Lipinski definition) is 8. The fourth-order valence-corrected chi connectivity index (χ4v) is 5.12. The van der Waals surface area contributed by atoms with Gasteiger partial charge in [-0.05, 0) is 32.1 Å². The molecule has 14 heteroatoms. The number of fused-ring (bicyclic) bond motifs is 1. The van der Waals surface area contributed by atoms with Crippen molar-refractivity contribution in [3.05, 3.63) is 38.9 Å². The van der Waals surface area contributed by atoms with Crippen molar-refractivity contribution < 1.29 is 24.3 Å². The van der Waals surface area contributed by atoms with Gasteiger partial charge in [-0.1, -0.05) is 11.6 Å². The number of rotatable bonds is 4. The zero-order valence-electron chi connectivity index (χ0n) is 18.8. The topological polar surface area (TPSA) is 157 Å². The van der Waals surface area contributed by atoms with Crippen LogP contribution in [0.15, 0.2) is 18.3 Å². The van der Waals surface area contributed by atoms with Crippen LogP contribution in [0.3, 0.4) is 0 Å². The van der Waals surface area contributed by atoms with E-state index in [4.69, 9.17) is 11.6 Å². The van der Waals surface area contributed by atoms with Crippen molar-refractivity contribution >= 4 is 52.6 Å². The van der Waals surface area contributed by atoms with E-state index in [-0.39, 0.29) is 17.4 Å². The van der Waals surface area contributed by atoms with Crippen LogP contribution in [0.5, 0.6) is 0 Å². The molecular formula is C21H24ClN7O5S. The smallest absolute Gasteiger partial charge is 0.407 e. The molecule has 2 aromatic rings. The van der Waals surface area contributed by atoms with Crippen molar-refractivity contribution in [1.82, 2.24) is 30.4 Å². The lowest BCUT2D eigenvalue weighted by Gasteiger charge is -2.37. The van der Waals surface area contributed by atoms with E-state index in [1.165, 1.54) is 28.5 Å². The third kappa shape index (κ3) is 6.05. The van der Waals surface area contributed by atoms with Crippen molar-refractivity contribution in [2.24, 2.45) is 0 Å². The van der Waals surface area contributed by atoms with Crippen LogP contribution in [-0.2, 0) is 22.6 Å². The molecule has 0 bridgehead atoms. The minimum atomic E-state index is -1.00. The molecule has 2 aromatic heterocycles. The van der Waals surface area contributed by atoms with Gasteiger partial charge in [-0.3, -0.25) is 14.4 Å². The highest BCUT2D eigenvalue weighted by atomic mass is 35.5. The van der Waals surface area contributed by atoms with Crippen LogP contribution >= 0.6 is 22.9 Å². The molecule has 4 N–H and O–H groups in total. The summed E-state index contributed by atoms with van der Waals surface area (Å²) >= 11 is 6.95. The maximum Gasteiger partial charge on any atom is 0.407 e. The lowest BCUT2D eigenvalue weighted by molar-refractivity contribution is -0.136. The SMILES string of the molecule is CN1CC[C@H](NC(=O)C(=O)Nc2ccc(Cl)cn2)[C@H](NC(=O)c2nc3c(s2)CN(C(=O)O)CC3)C1. The van der Waals surface area contributed by atoms with Gasteiger partial charge in [0.1, 0.15) is 5.82 Å². The highest BCUT2D eigenvalue weighted by Crippen LogP contribution is 2.25. The Balaban J connectivity index is 1.39. The first-order valence-electron chi connectivity index (χ1n) is 10.9. The largest absolute Gasteiger partial charge is 0.465 e. The molecule has 2 aliphatic heterocycles. The lowest BCUT2D eigenvalue weighted by Crippen LogP contribution is -2.60. The van der Waals surface area contributed by atoms with Crippen LogP contribution in [-0.4, -0.2) is 87.5 Å². The predicted molar refractivity (Wildman–Crippen MR) is 127 cm³/mol. The maximum atomic E-state index is 13.0. The summed E-state index contributed by atoms with van der Waals surface area (Å²) < 4.78 is 0.